The average Bonchev–Trinajstić information content (AvgIpc) is 2.64. The normalized spacial score (nSPS) is 21.9. The third-order valence-electron chi connectivity index (χ3n) is 3.40. The minimum atomic E-state index is -1.11. The van der Waals surface area contributed by atoms with E-state index >= 15 is 0 Å². The van der Waals surface area contributed by atoms with E-state index in [4.69, 9.17) is 9.84 Å². The molecule has 21 heavy (non-hydrogen) atoms. The number of β-amino-alcohol motifs (C(OH)–C–C–N with tert-alkyl or cyclic N) is 1. The number of nitrogens with one attached hydrogen (secondary N) is 1. The molecule has 1 fully saturated rings. The SMILES string of the molecule is CC(C)Oc1ccc(C2(C)NC(=O)N(CCO)C2=O)cc1. The Bertz CT molecular complexity index is 541. The molecule has 1 heterocycles. The summed E-state index contributed by atoms with van der Waals surface area (Å²) in [5, 5.41) is 11.6. The maximum Gasteiger partial charge on any atom is 0.325 e. The van der Waals surface area contributed by atoms with Crippen molar-refractivity contribution in [2.45, 2.75) is 32.4 Å². The van der Waals surface area contributed by atoms with Gasteiger partial charge in [-0.05, 0) is 38.5 Å². The van der Waals surface area contributed by atoms with Gasteiger partial charge in [0.25, 0.3) is 5.91 Å². The van der Waals surface area contributed by atoms with E-state index in [-0.39, 0.29) is 25.2 Å². The number of carbonyl (C=O) groups excluding carboxylic acids is 2. The molecule has 3 amide bonds. The van der Waals surface area contributed by atoms with Crippen LogP contribution in [0.4, 0.5) is 4.79 Å². The first-order valence-corrected chi connectivity index (χ1v) is 6.90. The molecule has 6 nitrogen and oxygen atoms in total. The number of imide groups is 1. The van der Waals surface area contributed by atoms with Crippen LogP contribution >= 0.6 is 0 Å². The molecular weight excluding hydrogens is 272 g/mol. The molecule has 1 unspecified atom stereocenters. The number of aliphatic hydroxyl groups is 1. The molecule has 0 aliphatic carbocycles. The summed E-state index contributed by atoms with van der Waals surface area (Å²) in [5.41, 5.74) is -0.430. The molecule has 2 rings (SSSR count). The molecule has 0 radical (unpaired) electrons. The lowest BCUT2D eigenvalue weighted by Crippen LogP contribution is -2.41. The summed E-state index contributed by atoms with van der Waals surface area (Å²) in [7, 11) is 0. The number of hydrogen-bond acceptors (Lipinski definition) is 4. The Balaban J connectivity index is 2.24. The van der Waals surface area contributed by atoms with Crippen LogP contribution in [0, 0.1) is 0 Å². The molecule has 1 aromatic rings. The summed E-state index contributed by atoms with van der Waals surface area (Å²) in [5.74, 6) is 0.348. The van der Waals surface area contributed by atoms with Crippen LogP contribution in [0.25, 0.3) is 0 Å². The molecule has 1 aliphatic heterocycles. The number of ether oxygens (including phenoxy) is 1. The Morgan fingerprint density at radius 2 is 1.90 bits per heavy atom. The maximum absolute atomic E-state index is 12.4. The lowest BCUT2D eigenvalue weighted by Gasteiger charge is -2.22. The zero-order valence-electron chi connectivity index (χ0n) is 12.4. The van der Waals surface area contributed by atoms with E-state index in [0.717, 1.165) is 4.90 Å². The van der Waals surface area contributed by atoms with E-state index in [1.54, 1.807) is 31.2 Å². The van der Waals surface area contributed by atoms with Crippen molar-refractivity contribution in [1.29, 1.82) is 0 Å². The van der Waals surface area contributed by atoms with Gasteiger partial charge in [-0.1, -0.05) is 12.1 Å². The van der Waals surface area contributed by atoms with Crippen LogP contribution in [-0.4, -0.2) is 41.2 Å². The van der Waals surface area contributed by atoms with Crippen molar-refractivity contribution in [3.63, 3.8) is 0 Å². The largest absolute Gasteiger partial charge is 0.491 e. The number of rotatable bonds is 5. The second-order valence-corrected chi connectivity index (χ2v) is 5.43. The monoisotopic (exact) mass is 292 g/mol. The van der Waals surface area contributed by atoms with Gasteiger partial charge in [0.15, 0.2) is 0 Å². The van der Waals surface area contributed by atoms with Crippen molar-refractivity contribution in [3.05, 3.63) is 29.8 Å². The molecule has 1 aliphatic rings. The van der Waals surface area contributed by atoms with Crippen molar-refractivity contribution < 1.29 is 19.4 Å². The molecule has 0 spiro atoms. The number of urea groups is 1. The third-order valence-corrected chi connectivity index (χ3v) is 3.40. The Morgan fingerprint density at radius 1 is 1.29 bits per heavy atom. The molecule has 0 bridgehead atoms. The summed E-state index contributed by atoms with van der Waals surface area (Å²) in [6.45, 7) is 5.26. The summed E-state index contributed by atoms with van der Waals surface area (Å²) < 4.78 is 5.56. The highest BCUT2D eigenvalue weighted by Crippen LogP contribution is 2.30. The molecule has 1 aromatic carbocycles. The first-order chi connectivity index (χ1) is 9.88. The Hall–Kier alpha value is -2.08. The van der Waals surface area contributed by atoms with Crippen LogP contribution in [0.15, 0.2) is 24.3 Å². The van der Waals surface area contributed by atoms with Crippen LogP contribution in [0.2, 0.25) is 0 Å². The lowest BCUT2D eigenvalue weighted by molar-refractivity contribution is -0.131. The minimum absolute atomic E-state index is 0.00516. The zero-order valence-corrected chi connectivity index (χ0v) is 12.4. The molecule has 1 atom stereocenters. The van der Waals surface area contributed by atoms with E-state index < -0.39 is 11.6 Å². The van der Waals surface area contributed by atoms with Gasteiger partial charge in [0, 0.05) is 0 Å². The smallest absolute Gasteiger partial charge is 0.325 e. The van der Waals surface area contributed by atoms with Gasteiger partial charge in [0.05, 0.1) is 19.3 Å². The number of aliphatic hydroxyl groups excluding tert-OH is 1. The number of carbonyl (C=O) groups is 2. The topological polar surface area (TPSA) is 78.9 Å². The fourth-order valence-corrected chi connectivity index (χ4v) is 2.33. The van der Waals surface area contributed by atoms with Gasteiger partial charge in [-0.2, -0.15) is 0 Å². The number of benzene rings is 1. The zero-order chi connectivity index (χ0) is 15.6. The Kier molecular flexibility index (Phi) is 4.18. The van der Waals surface area contributed by atoms with Crippen molar-refractivity contribution in [2.75, 3.05) is 13.2 Å². The van der Waals surface area contributed by atoms with Crippen LogP contribution < -0.4 is 10.1 Å². The first kappa shape index (κ1) is 15.3. The summed E-state index contributed by atoms with van der Waals surface area (Å²) >= 11 is 0. The van der Waals surface area contributed by atoms with Gasteiger partial charge in [-0.15, -0.1) is 0 Å². The quantitative estimate of drug-likeness (QED) is 0.800. The number of amides is 3. The van der Waals surface area contributed by atoms with E-state index in [1.165, 1.54) is 0 Å². The Morgan fingerprint density at radius 3 is 2.43 bits per heavy atom. The van der Waals surface area contributed by atoms with E-state index in [0.29, 0.717) is 11.3 Å². The average molecular weight is 292 g/mol. The van der Waals surface area contributed by atoms with Crippen LogP contribution in [0.5, 0.6) is 5.75 Å². The maximum atomic E-state index is 12.4. The molecule has 2 N–H and O–H groups in total. The third kappa shape index (κ3) is 2.85. The van der Waals surface area contributed by atoms with E-state index in [2.05, 4.69) is 5.32 Å². The standard InChI is InChI=1S/C15H20N2O4/c1-10(2)21-12-6-4-11(5-7-12)15(3)13(19)17(8-9-18)14(20)16-15/h4-7,10,18H,8-9H2,1-3H3,(H,16,20). The second-order valence-electron chi connectivity index (χ2n) is 5.43. The van der Waals surface area contributed by atoms with Gasteiger partial charge in [0.2, 0.25) is 0 Å². The van der Waals surface area contributed by atoms with Gasteiger partial charge in [0.1, 0.15) is 11.3 Å². The molecule has 1 saturated heterocycles. The van der Waals surface area contributed by atoms with Gasteiger partial charge in [-0.3, -0.25) is 9.69 Å². The predicted octanol–water partition coefficient (Wildman–Crippen LogP) is 1.23. The Labute approximate surface area is 123 Å². The summed E-state index contributed by atoms with van der Waals surface area (Å²) in [6, 6.07) is 6.58. The van der Waals surface area contributed by atoms with E-state index in [9.17, 15) is 9.59 Å². The predicted molar refractivity (Wildman–Crippen MR) is 76.9 cm³/mol. The summed E-state index contributed by atoms with van der Waals surface area (Å²) in [6.07, 6.45) is 0.0688. The number of nitrogens with zero attached hydrogens (tertiary/aromatic N) is 1. The molecule has 0 saturated carbocycles. The molecule has 0 aromatic heterocycles. The lowest BCUT2D eigenvalue weighted by atomic mass is 9.92. The summed E-state index contributed by atoms with van der Waals surface area (Å²) in [4.78, 5) is 25.3. The minimum Gasteiger partial charge on any atom is -0.491 e. The van der Waals surface area contributed by atoms with Crippen LogP contribution in [0.1, 0.15) is 26.3 Å². The van der Waals surface area contributed by atoms with Crippen molar-refractivity contribution >= 4 is 11.9 Å². The van der Waals surface area contributed by atoms with Crippen molar-refractivity contribution in [3.8, 4) is 5.75 Å². The highest BCUT2D eigenvalue weighted by atomic mass is 16.5. The molecule has 114 valence electrons. The highest BCUT2D eigenvalue weighted by Gasteiger charge is 2.48. The molecular formula is C15H20N2O4. The first-order valence-electron chi connectivity index (χ1n) is 6.90. The van der Waals surface area contributed by atoms with Gasteiger partial charge < -0.3 is 15.2 Å². The second kappa shape index (κ2) is 5.73. The van der Waals surface area contributed by atoms with Crippen molar-refractivity contribution in [1.82, 2.24) is 10.2 Å². The van der Waals surface area contributed by atoms with E-state index in [1.807, 2.05) is 13.8 Å². The fourth-order valence-electron chi connectivity index (χ4n) is 2.33. The highest BCUT2D eigenvalue weighted by molar-refractivity contribution is 6.07. The molecule has 6 heteroatoms. The van der Waals surface area contributed by atoms with Gasteiger partial charge >= 0.3 is 6.03 Å². The van der Waals surface area contributed by atoms with Gasteiger partial charge in [-0.25, -0.2) is 4.79 Å². The van der Waals surface area contributed by atoms with Crippen LogP contribution in [-0.2, 0) is 10.3 Å². The fraction of sp³-hybridized carbons (Fsp3) is 0.467. The van der Waals surface area contributed by atoms with Crippen LogP contribution in [0.3, 0.4) is 0 Å². The van der Waals surface area contributed by atoms with Crippen molar-refractivity contribution in [2.24, 2.45) is 0 Å². The number of hydrogen-bond donors (Lipinski definition) is 2.